The molecule has 2 rings (SSSR count). The summed E-state index contributed by atoms with van der Waals surface area (Å²) in [6, 6.07) is -0.248. The van der Waals surface area contributed by atoms with Gasteiger partial charge in [0.2, 0.25) is 5.91 Å². The van der Waals surface area contributed by atoms with Gasteiger partial charge in [-0.3, -0.25) is 9.59 Å². The summed E-state index contributed by atoms with van der Waals surface area (Å²) in [6.45, 7) is 1.74. The van der Waals surface area contributed by atoms with Crippen molar-refractivity contribution in [3.05, 3.63) is 0 Å². The number of hydrogen-bond acceptors (Lipinski definition) is 3. The average Bonchev–Trinajstić information content (AvgIpc) is 3.00. The van der Waals surface area contributed by atoms with E-state index in [4.69, 9.17) is 10.8 Å². The molecule has 2 fully saturated rings. The van der Waals surface area contributed by atoms with E-state index < -0.39 is 17.4 Å². The van der Waals surface area contributed by atoms with Crippen molar-refractivity contribution in [1.29, 1.82) is 0 Å². The van der Waals surface area contributed by atoms with Gasteiger partial charge in [0.15, 0.2) is 0 Å². The molecule has 0 bridgehead atoms. The number of carboxylic acids is 1. The molecule has 4 N–H and O–H groups in total. The van der Waals surface area contributed by atoms with Crippen LogP contribution in [0, 0.1) is 11.8 Å². The molecule has 3 atom stereocenters. The van der Waals surface area contributed by atoms with Gasteiger partial charge in [0.1, 0.15) is 0 Å². The second-order valence-corrected chi connectivity index (χ2v) is 5.51. The van der Waals surface area contributed by atoms with Crippen LogP contribution in [0.1, 0.15) is 39.0 Å². The summed E-state index contributed by atoms with van der Waals surface area (Å²) in [5.41, 5.74) is 5.16. The van der Waals surface area contributed by atoms with Gasteiger partial charge in [-0.1, -0.05) is 6.42 Å². The summed E-state index contributed by atoms with van der Waals surface area (Å²) in [5.74, 6) is -1.21. The highest BCUT2D eigenvalue weighted by Crippen LogP contribution is 2.38. The number of rotatable bonds is 4. The van der Waals surface area contributed by atoms with Gasteiger partial charge in [0.05, 0.1) is 11.5 Å². The van der Waals surface area contributed by atoms with Crippen molar-refractivity contribution >= 4 is 11.9 Å². The Bertz CT molecular complexity index is 337. The number of hydrogen-bond donors (Lipinski definition) is 3. The van der Waals surface area contributed by atoms with E-state index >= 15 is 0 Å². The summed E-state index contributed by atoms with van der Waals surface area (Å²) in [4.78, 5) is 23.0. The SMILES string of the molecule is CC(N)(C(=O)NC1CCCC1C(=O)O)C1CC1. The molecular weight excluding hydrogens is 220 g/mol. The van der Waals surface area contributed by atoms with Gasteiger partial charge in [-0.15, -0.1) is 0 Å². The summed E-state index contributed by atoms with van der Waals surface area (Å²) in [7, 11) is 0. The van der Waals surface area contributed by atoms with Crippen LogP contribution >= 0.6 is 0 Å². The molecule has 0 radical (unpaired) electrons. The van der Waals surface area contributed by atoms with Gasteiger partial charge in [-0.2, -0.15) is 0 Å². The monoisotopic (exact) mass is 240 g/mol. The molecule has 0 spiro atoms. The van der Waals surface area contributed by atoms with Crippen molar-refractivity contribution < 1.29 is 14.7 Å². The Kier molecular flexibility index (Phi) is 3.12. The molecule has 0 aliphatic heterocycles. The molecule has 2 aliphatic carbocycles. The number of carbonyl (C=O) groups excluding carboxylic acids is 1. The van der Waals surface area contributed by atoms with E-state index in [1.54, 1.807) is 6.92 Å². The van der Waals surface area contributed by atoms with Gasteiger partial charge in [-0.25, -0.2) is 0 Å². The van der Waals surface area contributed by atoms with Crippen molar-refractivity contribution in [2.24, 2.45) is 17.6 Å². The summed E-state index contributed by atoms with van der Waals surface area (Å²) >= 11 is 0. The number of nitrogens with two attached hydrogens (primary N) is 1. The van der Waals surface area contributed by atoms with E-state index in [0.717, 1.165) is 25.7 Å². The number of carboxylic acid groups (broad SMARTS) is 1. The van der Waals surface area contributed by atoms with E-state index in [1.165, 1.54) is 0 Å². The molecule has 0 heterocycles. The van der Waals surface area contributed by atoms with E-state index in [1.807, 2.05) is 0 Å². The highest BCUT2D eigenvalue weighted by molar-refractivity contribution is 5.87. The predicted octanol–water partition coefficient (Wildman–Crippen LogP) is 0.483. The molecule has 0 aromatic rings. The number of nitrogens with one attached hydrogen (secondary N) is 1. The van der Waals surface area contributed by atoms with Crippen molar-refractivity contribution in [3.63, 3.8) is 0 Å². The Hall–Kier alpha value is -1.10. The summed E-state index contributed by atoms with van der Waals surface area (Å²) < 4.78 is 0. The van der Waals surface area contributed by atoms with Crippen LogP contribution in [0.4, 0.5) is 0 Å². The largest absolute Gasteiger partial charge is 0.481 e. The molecule has 96 valence electrons. The number of aliphatic carboxylic acids is 1. The molecule has 3 unspecified atom stereocenters. The van der Waals surface area contributed by atoms with Gasteiger partial charge in [-0.05, 0) is 38.5 Å². The van der Waals surface area contributed by atoms with Crippen molar-refractivity contribution in [2.75, 3.05) is 0 Å². The van der Waals surface area contributed by atoms with Crippen LogP contribution in [0.15, 0.2) is 0 Å². The van der Waals surface area contributed by atoms with Crippen LogP contribution in [-0.4, -0.2) is 28.6 Å². The zero-order chi connectivity index (χ0) is 12.6. The zero-order valence-electron chi connectivity index (χ0n) is 10.1. The minimum Gasteiger partial charge on any atom is -0.481 e. The van der Waals surface area contributed by atoms with Crippen LogP contribution in [0.3, 0.4) is 0 Å². The first kappa shape index (κ1) is 12.4. The lowest BCUT2D eigenvalue weighted by Gasteiger charge is -2.27. The minimum absolute atomic E-state index is 0.196. The molecule has 1 amide bonds. The Labute approximate surface area is 101 Å². The Morgan fingerprint density at radius 3 is 2.47 bits per heavy atom. The van der Waals surface area contributed by atoms with Crippen LogP contribution in [0.5, 0.6) is 0 Å². The maximum atomic E-state index is 12.0. The predicted molar refractivity (Wildman–Crippen MR) is 62.2 cm³/mol. The van der Waals surface area contributed by atoms with E-state index in [-0.39, 0.29) is 17.9 Å². The maximum Gasteiger partial charge on any atom is 0.308 e. The van der Waals surface area contributed by atoms with Crippen LogP contribution in [0.2, 0.25) is 0 Å². The lowest BCUT2D eigenvalue weighted by atomic mass is 9.94. The van der Waals surface area contributed by atoms with Crippen LogP contribution in [-0.2, 0) is 9.59 Å². The molecule has 2 aliphatic rings. The van der Waals surface area contributed by atoms with Crippen LogP contribution < -0.4 is 11.1 Å². The molecule has 2 saturated carbocycles. The highest BCUT2D eigenvalue weighted by atomic mass is 16.4. The van der Waals surface area contributed by atoms with Gasteiger partial charge in [0, 0.05) is 6.04 Å². The van der Waals surface area contributed by atoms with Crippen molar-refractivity contribution in [1.82, 2.24) is 5.32 Å². The topological polar surface area (TPSA) is 92.4 Å². The minimum atomic E-state index is -0.842. The third kappa shape index (κ3) is 2.44. The molecule has 0 aromatic carbocycles. The first-order chi connectivity index (χ1) is 7.93. The lowest BCUT2D eigenvalue weighted by molar-refractivity contribution is -0.142. The van der Waals surface area contributed by atoms with Gasteiger partial charge in [0.25, 0.3) is 0 Å². The van der Waals surface area contributed by atoms with E-state index in [9.17, 15) is 9.59 Å². The second kappa shape index (κ2) is 4.29. The summed E-state index contributed by atoms with van der Waals surface area (Å²) in [5, 5.41) is 11.9. The van der Waals surface area contributed by atoms with Gasteiger partial charge < -0.3 is 16.2 Å². The Morgan fingerprint density at radius 1 is 1.29 bits per heavy atom. The lowest BCUT2D eigenvalue weighted by Crippen LogP contribution is -2.56. The molecule has 0 aromatic heterocycles. The molecule has 5 heteroatoms. The molecule has 17 heavy (non-hydrogen) atoms. The standard InChI is InChI=1S/C12H20N2O3/c1-12(13,7-5-6-7)11(17)14-9-4-2-3-8(9)10(15)16/h7-9H,2-6,13H2,1H3,(H,14,17)(H,15,16). The Balaban J connectivity index is 1.96. The quantitative estimate of drug-likeness (QED) is 0.666. The highest BCUT2D eigenvalue weighted by Gasteiger charge is 2.45. The molecule has 0 saturated heterocycles. The van der Waals surface area contributed by atoms with E-state index in [0.29, 0.717) is 6.42 Å². The number of amides is 1. The first-order valence-corrected chi connectivity index (χ1v) is 6.25. The zero-order valence-corrected chi connectivity index (χ0v) is 10.1. The first-order valence-electron chi connectivity index (χ1n) is 6.25. The molecular formula is C12H20N2O3. The van der Waals surface area contributed by atoms with Crippen LogP contribution in [0.25, 0.3) is 0 Å². The molecule has 5 nitrogen and oxygen atoms in total. The number of carbonyl (C=O) groups is 2. The third-order valence-corrected chi connectivity index (χ3v) is 4.06. The van der Waals surface area contributed by atoms with Crippen molar-refractivity contribution in [2.45, 2.75) is 50.6 Å². The second-order valence-electron chi connectivity index (χ2n) is 5.51. The summed E-state index contributed by atoms with van der Waals surface area (Å²) in [6.07, 6.45) is 4.22. The smallest absolute Gasteiger partial charge is 0.308 e. The maximum absolute atomic E-state index is 12.0. The van der Waals surface area contributed by atoms with Crippen molar-refractivity contribution in [3.8, 4) is 0 Å². The van der Waals surface area contributed by atoms with Gasteiger partial charge >= 0.3 is 5.97 Å². The third-order valence-electron chi connectivity index (χ3n) is 4.06. The fourth-order valence-corrected chi connectivity index (χ4v) is 2.62. The fourth-order valence-electron chi connectivity index (χ4n) is 2.62. The average molecular weight is 240 g/mol. The fraction of sp³-hybridized carbons (Fsp3) is 0.833. The Morgan fingerprint density at radius 2 is 1.94 bits per heavy atom. The van der Waals surface area contributed by atoms with E-state index in [2.05, 4.69) is 5.32 Å². The normalized spacial score (nSPS) is 31.9.